The van der Waals surface area contributed by atoms with Crippen molar-refractivity contribution in [3.05, 3.63) is 0 Å². The van der Waals surface area contributed by atoms with Gasteiger partial charge in [0.2, 0.25) is 0 Å². The van der Waals surface area contributed by atoms with Crippen LogP contribution in [0, 0.1) is 0 Å². The molecule has 7 N–H and O–H groups in total. The summed E-state index contributed by atoms with van der Waals surface area (Å²) in [6, 6.07) is 0. The minimum atomic E-state index is -4.94. The Hall–Kier alpha value is 0.0700. The summed E-state index contributed by atoms with van der Waals surface area (Å²) in [5.74, 6) is 0. The van der Waals surface area contributed by atoms with Crippen LogP contribution in [0.5, 0.6) is 0 Å². The van der Waals surface area contributed by atoms with Crippen molar-refractivity contribution in [1.82, 2.24) is 0 Å². The average molecular weight is 262 g/mol. The third kappa shape index (κ3) is 3.28. The molecule has 1 aliphatic heterocycles. The molecule has 1 saturated heterocycles. The Bertz CT molecular complexity index is 229. The topological polar surface area (TPSA) is 160 Å². The summed E-state index contributed by atoms with van der Waals surface area (Å²) >= 11 is 0. The summed E-state index contributed by atoms with van der Waals surface area (Å²) in [5.41, 5.74) is 0. The normalized spacial score (nSPS) is 42.1. The van der Waals surface area contributed by atoms with Crippen molar-refractivity contribution in [2.75, 3.05) is 6.61 Å². The second-order valence-electron chi connectivity index (χ2n) is 3.39. The van der Waals surface area contributed by atoms with Gasteiger partial charge in [-0.2, -0.15) is 0 Å². The van der Waals surface area contributed by atoms with Crippen molar-refractivity contribution < 1.29 is 44.4 Å². The number of ether oxygens (including phenoxy) is 1. The predicted molar refractivity (Wildman–Crippen MR) is 49.8 cm³/mol. The fourth-order valence-corrected chi connectivity index (χ4v) is 1.83. The van der Waals surface area contributed by atoms with Crippen LogP contribution in [-0.4, -0.2) is 72.4 Å². The van der Waals surface area contributed by atoms with E-state index in [0.29, 0.717) is 0 Å². The van der Waals surface area contributed by atoms with Gasteiger partial charge in [0, 0.05) is 0 Å². The summed E-state index contributed by atoms with van der Waals surface area (Å²) in [4.78, 5) is 25.9. The predicted octanol–water partition coefficient (Wildman–Crippen LogP) is -3.81. The molecule has 0 aromatic carbocycles. The van der Waals surface area contributed by atoms with E-state index in [4.69, 9.17) is 24.5 Å². The van der Waals surface area contributed by atoms with Crippen molar-refractivity contribution in [3.63, 3.8) is 0 Å². The third-order valence-corrected chi connectivity index (χ3v) is 2.67. The number of aliphatic hydroxyl groups excluding tert-OH is 4. The standard InChI is InChI=1S/C6H15O9P/c7-1-2-3(8)4(9)5(10)6(14-2)15-16(11,12)13/h2-13,16H,1H2. The van der Waals surface area contributed by atoms with Gasteiger partial charge in [-0.05, 0) is 0 Å². The molecule has 10 heteroatoms. The number of rotatable bonds is 3. The van der Waals surface area contributed by atoms with Crippen molar-refractivity contribution in [2.24, 2.45) is 0 Å². The number of aliphatic hydroxyl groups is 4. The Morgan fingerprint density at radius 1 is 1.00 bits per heavy atom. The first-order valence-electron chi connectivity index (χ1n) is 4.41. The van der Waals surface area contributed by atoms with E-state index in [0.717, 1.165) is 0 Å². The average Bonchev–Trinajstić information content (AvgIpc) is 2.17. The monoisotopic (exact) mass is 262 g/mol. The van der Waals surface area contributed by atoms with Gasteiger partial charge in [0.25, 0.3) is 0 Å². The first-order chi connectivity index (χ1) is 7.26. The molecule has 0 spiro atoms. The molecule has 5 unspecified atom stereocenters. The van der Waals surface area contributed by atoms with E-state index >= 15 is 0 Å². The van der Waals surface area contributed by atoms with Gasteiger partial charge in [-0.3, -0.25) is 0 Å². The molecule has 0 bridgehead atoms. The van der Waals surface area contributed by atoms with Gasteiger partial charge >= 0.3 is 89.8 Å². The van der Waals surface area contributed by atoms with Crippen LogP contribution in [0.1, 0.15) is 0 Å². The fraction of sp³-hybridized carbons (Fsp3) is 1.00. The van der Waals surface area contributed by atoms with Crippen LogP contribution in [-0.2, 0) is 9.26 Å². The zero-order chi connectivity index (χ0) is 12.5. The molecule has 0 aromatic rings. The van der Waals surface area contributed by atoms with Crippen LogP contribution in [0.15, 0.2) is 0 Å². The fourth-order valence-electron chi connectivity index (χ4n) is 1.32. The number of hydrogen-bond donors (Lipinski definition) is 7. The Morgan fingerprint density at radius 2 is 1.56 bits per heavy atom. The van der Waals surface area contributed by atoms with E-state index in [2.05, 4.69) is 4.52 Å². The second-order valence-corrected chi connectivity index (χ2v) is 4.77. The van der Waals surface area contributed by atoms with Crippen LogP contribution >= 0.6 is 8.17 Å². The van der Waals surface area contributed by atoms with Crippen LogP contribution in [0.25, 0.3) is 0 Å². The Kier molecular flexibility index (Phi) is 4.55. The molecule has 1 aliphatic rings. The first-order valence-corrected chi connectivity index (χ1v) is 6.16. The van der Waals surface area contributed by atoms with Gasteiger partial charge in [0.05, 0.1) is 0 Å². The van der Waals surface area contributed by atoms with Gasteiger partial charge in [0.15, 0.2) is 0 Å². The molecule has 9 nitrogen and oxygen atoms in total. The van der Waals surface area contributed by atoms with Crippen LogP contribution in [0.2, 0.25) is 0 Å². The molecular formula is C6H15O9P. The molecule has 1 fully saturated rings. The molecule has 16 heavy (non-hydrogen) atoms. The van der Waals surface area contributed by atoms with Gasteiger partial charge in [-0.25, -0.2) is 0 Å². The van der Waals surface area contributed by atoms with E-state index in [1.54, 1.807) is 0 Å². The molecule has 0 saturated carbocycles. The summed E-state index contributed by atoms with van der Waals surface area (Å²) in [5, 5.41) is 36.7. The maximum absolute atomic E-state index is 9.33. The first kappa shape index (κ1) is 14.1. The molecule has 1 rings (SSSR count). The second kappa shape index (κ2) is 5.15. The van der Waals surface area contributed by atoms with Crippen LogP contribution in [0.4, 0.5) is 0 Å². The van der Waals surface area contributed by atoms with E-state index in [9.17, 15) is 15.3 Å². The number of hydrogen-bond acceptors (Lipinski definition) is 9. The zero-order valence-electron chi connectivity index (χ0n) is 8.04. The molecule has 0 amide bonds. The molecule has 0 aromatic heterocycles. The van der Waals surface area contributed by atoms with Crippen molar-refractivity contribution in [1.29, 1.82) is 0 Å². The maximum atomic E-state index is 9.33. The van der Waals surface area contributed by atoms with E-state index in [1.165, 1.54) is 0 Å². The molecule has 5 atom stereocenters. The van der Waals surface area contributed by atoms with Gasteiger partial charge in [-0.15, -0.1) is 0 Å². The van der Waals surface area contributed by atoms with Gasteiger partial charge < -0.3 is 0 Å². The molecule has 0 radical (unpaired) electrons. The van der Waals surface area contributed by atoms with Crippen molar-refractivity contribution in [3.8, 4) is 0 Å². The Labute approximate surface area is 90.8 Å². The van der Waals surface area contributed by atoms with E-state index in [-0.39, 0.29) is 0 Å². The van der Waals surface area contributed by atoms with Gasteiger partial charge in [-0.1, -0.05) is 0 Å². The summed E-state index contributed by atoms with van der Waals surface area (Å²) in [7, 11) is -4.94. The third-order valence-electron chi connectivity index (χ3n) is 2.12. The van der Waals surface area contributed by atoms with E-state index < -0.39 is 45.5 Å². The molecule has 1 heterocycles. The minimum absolute atomic E-state index is 0.679. The van der Waals surface area contributed by atoms with E-state index in [1.807, 2.05) is 0 Å². The van der Waals surface area contributed by atoms with Gasteiger partial charge in [0.1, 0.15) is 0 Å². The molecule has 0 aliphatic carbocycles. The summed E-state index contributed by atoms with van der Waals surface area (Å²) in [6.07, 6.45) is -8.04. The van der Waals surface area contributed by atoms with Crippen molar-refractivity contribution >= 4 is 8.17 Å². The summed E-state index contributed by atoms with van der Waals surface area (Å²) < 4.78 is 8.92. The molecule has 98 valence electrons. The van der Waals surface area contributed by atoms with Crippen LogP contribution < -0.4 is 0 Å². The SMILES string of the molecule is OCC1OC(O[PH](O)(O)O)C(O)C(O)C1O. The zero-order valence-corrected chi connectivity index (χ0v) is 9.04. The van der Waals surface area contributed by atoms with Crippen LogP contribution in [0.3, 0.4) is 0 Å². The Morgan fingerprint density at radius 3 is 2.00 bits per heavy atom. The molecular weight excluding hydrogens is 247 g/mol. The van der Waals surface area contributed by atoms with Crippen molar-refractivity contribution in [2.45, 2.75) is 30.7 Å². The summed E-state index contributed by atoms with van der Waals surface area (Å²) in [6.45, 7) is -0.679. The Balaban J connectivity index is 2.71. The quantitative estimate of drug-likeness (QED) is 0.253.